The summed E-state index contributed by atoms with van der Waals surface area (Å²) in [6, 6.07) is 9.22. The summed E-state index contributed by atoms with van der Waals surface area (Å²) in [7, 11) is 1.43. The summed E-state index contributed by atoms with van der Waals surface area (Å²) < 4.78 is 33.3. The van der Waals surface area contributed by atoms with Crippen molar-refractivity contribution in [3.05, 3.63) is 47.5 Å². The molecule has 3 heterocycles. The van der Waals surface area contributed by atoms with Crippen LogP contribution in [0.1, 0.15) is 35.4 Å². The molecule has 0 radical (unpaired) electrons. The minimum absolute atomic E-state index is 0.0164. The first-order valence-electron chi connectivity index (χ1n) is 13.4. The van der Waals surface area contributed by atoms with Crippen molar-refractivity contribution < 1.29 is 69.0 Å². The van der Waals surface area contributed by atoms with Crippen LogP contribution in [-0.2, 0) is 14.2 Å². The van der Waals surface area contributed by atoms with Crippen molar-refractivity contribution in [1.29, 1.82) is 0 Å². The molecule has 2 aromatic rings. The minimum Gasteiger partial charge on any atom is -0.507 e. The Morgan fingerprint density at radius 1 is 0.833 bits per heavy atom. The smallest absolute Gasteiger partial charge is 0.229 e. The van der Waals surface area contributed by atoms with E-state index in [-0.39, 0.29) is 35.0 Å². The highest BCUT2D eigenvalue weighted by Crippen LogP contribution is 2.42. The molecule has 2 saturated heterocycles. The predicted molar refractivity (Wildman–Crippen MR) is 139 cm³/mol. The van der Waals surface area contributed by atoms with Gasteiger partial charge in [0.25, 0.3) is 0 Å². The number of ketones is 1. The van der Waals surface area contributed by atoms with E-state index in [1.807, 2.05) is 0 Å². The lowest BCUT2D eigenvalue weighted by Crippen LogP contribution is -2.61. The van der Waals surface area contributed by atoms with Gasteiger partial charge in [-0.05, 0) is 24.6 Å². The Hall–Kier alpha value is -3.05. The molecule has 0 bridgehead atoms. The third kappa shape index (κ3) is 5.90. The van der Waals surface area contributed by atoms with E-state index in [0.29, 0.717) is 11.3 Å². The van der Waals surface area contributed by atoms with E-state index in [0.717, 1.165) is 0 Å². The molecular formula is C28H34O14. The number of carbonyl (C=O) groups is 1. The number of benzene rings is 2. The molecule has 2 aromatic carbocycles. The second kappa shape index (κ2) is 12.3. The Morgan fingerprint density at radius 3 is 2.19 bits per heavy atom. The summed E-state index contributed by atoms with van der Waals surface area (Å²) in [5.74, 6) is 0.225. The third-order valence-corrected chi connectivity index (χ3v) is 7.62. The zero-order valence-corrected chi connectivity index (χ0v) is 22.7. The van der Waals surface area contributed by atoms with Crippen molar-refractivity contribution in [2.24, 2.45) is 0 Å². The first kappa shape index (κ1) is 30.4. The zero-order valence-electron chi connectivity index (χ0n) is 22.7. The Kier molecular flexibility index (Phi) is 8.89. The normalized spacial score (nSPS) is 36.6. The van der Waals surface area contributed by atoms with Gasteiger partial charge in [-0.25, -0.2) is 0 Å². The number of methoxy groups -OCH3 is 1. The number of aromatic hydroxyl groups is 1. The van der Waals surface area contributed by atoms with Crippen LogP contribution < -0.4 is 14.2 Å². The maximum atomic E-state index is 12.7. The number of phenolic OH excluding ortho intramolecular Hbond substituents is 1. The number of aliphatic hydroxyl groups is 6. The number of phenols is 1. The Bertz CT molecular complexity index is 1250. The number of fused-ring (bicyclic) bond motifs is 1. The van der Waals surface area contributed by atoms with Crippen molar-refractivity contribution in [1.82, 2.24) is 0 Å². The van der Waals surface area contributed by atoms with Gasteiger partial charge in [-0.2, -0.15) is 0 Å². The van der Waals surface area contributed by atoms with E-state index in [1.54, 1.807) is 24.3 Å². The molecule has 0 spiro atoms. The number of hydrogen-bond acceptors (Lipinski definition) is 14. The fraction of sp³-hybridized carbons (Fsp3) is 0.536. The van der Waals surface area contributed by atoms with Crippen LogP contribution >= 0.6 is 0 Å². The molecule has 0 amide bonds. The molecule has 3 aliphatic rings. The van der Waals surface area contributed by atoms with E-state index in [4.69, 9.17) is 28.4 Å². The van der Waals surface area contributed by atoms with E-state index in [2.05, 4.69) is 0 Å². The minimum atomic E-state index is -1.67. The molecule has 2 fully saturated rings. The highest BCUT2D eigenvalue weighted by molar-refractivity contribution is 6.02. The Labute approximate surface area is 240 Å². The molecule has 5 rings (SSSR count). The van der Waals surface area contributed by atoms with Crippen LogP contribution in [0.2, 0.25) is 0 Å². The van der Waals surface area contributed by atoms with Crippen LogP contribution in [0.4, 0.5) is 0 Å². The number of aliphatic hydroxyl groups excluding tert-OH is 6. The molecule has 11 unspecified atom stereocenters. The summed E-state index contributed by atoms with van der Waals surface area (Å²) >= 11 is 0. The van der Waals surface area contributed by atoms with Crippen LogP contribution in [0.3, 0.4) is 0 Å². The van der Waals surface area contributed by atoms with Gasteiger partial charge in [-0.15, -0.1) is 0 Å². The topological polar surface area (TPSA) is 214 Å². The van der Waals surface area contributed by atoms with Gasteiger partial charge >= 0.3 is 0 Å². The maximum Gasteiger partial charge on any atom is 0.229 e. The van der Waals surface area contributed by atoms with E-state index in [1.165, 1.54) is 26.2 Å². The van der Waals surface area contributed by atoms with Gasteiger partial charge in [0, 0.05) is 12.1 Å². The average Bonchev–Trinajstić information content (AvgIpc) is 2.97. The van der Waals surface area contributed by atoms with Crippen LogP contribution in [-0.4, -0.2) is 117 Å². The summed E-state index contributed by atoms with van der Waals surface area (Å²) in [5.41, 5.74) is 0.714. The Balaban J connectivity index is 1.23. The quantitative estimate of drug-likeness (QED) is 0.208. The van der Waals surface area contributed by atoms with Crippen molar-refractivity contribution in [2.75, 3.05) is 13.7 Å². The highest BCUT2D eigenvalue weighted by atomic mass is 16.7. The molecule has 230 valence electrons. The maximum absolute atomic E-state index is 12.7. The van der Waals surface area contributed by atoms with Crippen LogP contribution in [0.15, 0.2) is 36.4 Å². The third-order valence-electron chi connectivity index (χ3n) is 7.62. The first-order chi connectivity index (χ1) is 20.0. The van der Waals surface area contributed by atoms with Crippen molar-refractivity contribution >= 4 is 5.78 Å². The largest absolute Gasteiger partial charge is 0.507 e. The first-order valence-corrected chi connectivity index (χ1v) is 13.4. The van der Waals surface area contributed by atoms with Gasteiger partial charge in [-0.1, -0.05) is 12.1 Å². The zero-order chi connectivity index (χ0) is 30.3. The highest BCUT2D eigenvalue weighted by Gasteiger charge is 2.47. The van der Waals surface area contributed by atoms with Gasteiger partial charge in [0.1, 0.15) is 77.4 Å². The van der Waals surface area contributed by atoms with Crippen LogP contribution in [0, 0.1) is 0 Å². The van der Waals surface area contributed by atoms with Gasteiger partial charge in [0.05, 0.1) is 26.2 Å². The average molecular weight is 595 g/mol. The summed E-state index contributed by atoms with van der Waals surface area (Å²) in [5, 5.41) is 71.5. The van der Waals surface area contributed by atoms with Crippen molar-refractivity contribution in [3.8, 4) is 23.0 Å². The molecule has 3 aliphatic heterocycles. The van der Waals surface area contributed by atoms with E-state index < -0.39 is 74.1 Å². The van der Waals surface area contributed by atoms with Crippen molar-refractivity contribution in [3.63, 3.8) is 0 Å². The van der Waals surface area contributed by atoms with Crippen molar-refractivity contribution in [2.45, 2.75) is 80.9 Å². The van der Waals surface area contributed by atoms with Gasteiger partial charge < -0.3 is 64.2 Å². The lowest BCUT2D eigenvalue weighted by Gasteiger charge is -2.42. The SMILES string of the molecule is COc1cc(O)c2c(c1)OC(c1ccc(OC3OC(COC4OC(C)C(O)C(O)C4O)C(O)C(O)C3O)cc1)CC2=O. The van der Waals surface area contributed by atoms with Crippen LogP contribution in [0.25, 0.3) is 0 Å². The molecule has 11 atom stereocenters. The molecule has 0 saturated carbocycles. The standard InChI is InChI=1S/C28H34O14/c1-11-21(31)23(33)25(35)27(39-11)38-10-19-22(32)24(34)26(36)28(42-19)40-13-5-3-12(4-6-13)17-9-16(30)20-15(29)7-14(37-2)8-18(20)41-17/h3-8,11,17,19,21-29,31-36H,9-10H2,1-2H3. The lowest BCUT2D eigenvalue weighted by molar-refractivity contribution is -0.318. The molecule has 14 heteroatoms. The van der Waals surface area contributed by atoms with Gasteiger partial charge in [0.15, 0.2) is 12.1 Å². The lowest BCUT2D eigenvalue weighted by atomic mass is 9.95. The molecule has 0 aliphatic carbocycles. The molecular weight excluding hydrogens is 560 g/mol. The van der Waals surface area contributed by atoms with Crippen LogP contribution in [0.5, 0.6) is 23.0 Å². The second-order valence-electron chi connectivity index (χ2n) is 10.5. The van der Waals surface area contributed by atoms with Gasteiger partial charge in [-0.3, -0.25) is 4.79 Å². The molecule has 7 N–H and O–H groups in total. The van der Waals surface area contributed by atoms with Gasteiger partial charge in [0.2, 0.25) is 6.29 Å². The molecule has 14 nitrogen and oxygen atoms in total. The number of rotatable bonds is 7. The Morgan fingerprint density at radius 2 is 1.50 bits per heavy atom. The number of ether oxygens (including phenoxy) is 6. The fourth-order valence-corrected chi connectivity index (χ4v) is 5.11. The monoisotopic (exact) mass is 594 g/mol. The summed E-state index contributed by atoms with van der Waals surface area (Å²) in [6.07, 6.45) is -14.8. The molecule has 0 aromatic heterocycles. The van der Waals surface area contributed by atoms with E-state index in [9.17, 15) is 40.5 Å². The second-order valence-corrected chi connectivity index (χ2v) is 10.5. The van der Waals surface area contributed by atoms with E-state index >= 15 is 0 Å². The predicted octanol–water partition coefficient (Wildman–Crippen LogP) is -0.862. The molecule has 42 heavy (non-hydrogen) atoms. The number of Topliss-reactive ketones (excluding diaryl/α,β-unsaturated/α-hetero) is 1. The number of hydrogen-bond donors (Lipinski definition) is 7. The summed E-state index contributed by atoms with van der Waals surface area (Å²) in [4.78, 5) is 12.7. The fourth-order valence-electron chi connectivity index (χ4n) is 5.11. The number of carbonyl (C=O) groups excluding carboxylic acids is 1. The summed E-state index contributed by atoms with van der Waals surface area (Å²) in [6.45, 7) is 1.06.